The molecule has 34 heavy (non-hydrogen) atoms. The zero-order valence-corrected chi connectivity index (χ0v) is 20.0. The second-order valence-corrected chi connectivity index (χ2v) is 10.6. The molecule has 0 radical (unpaired) electrons. The molecule has 176 valence electrons. The molecule has 2 aliphatic rings. The summed E-state index contributed by atoms with van der Waals surface area (Å²) in [7, 11) is -3.95. The van der Waals surface area contributed by atoms with Crippen molar-refractivity contribution in [2.45, 2.75) is 18.7 Å². The quantitative estimate of drug-likeness (QED) is 0.571. The van der Waals surface area contributed by atoms with Gasteiger partial charge in [-0.3, -0.25) is 9.10 Å². The summed E-state index contributed by atoms with van der Waals surface area (Å²) < 4.78 is 42.0. The number of hydrogen-bond donors (Lipinski definition) is 0. The number of aryl methyl sites for hydroxylation is 1. The van der Waals surface area contributed by atoms with Crippen molar-refractivity contribution in [3.63, 3.8) is 0 Å². The van der Waals surface area contributed by atoms with Crippen LogP contribution in [-0.4, -0.2) is 51.9 Å². The van der Waals surface area contributed by atoms with Gasteiger partial charge in [-0.25, -0.2) is 12.8 Å². The van der Waals surface area contributed by atoms with Gasteiger partial charge in [0.15, 0.2) is 0 Å². The van der Waals surface area contributed by atoms with Gasteiger partial charge in [0.05, 0.1) is 10.6 Å². The Morgan fingerprint density at radius 1 is 0.882 bits per heavy atom. The number of carbonyl (C=O) groups is 1. The van der Waals surface area contributed by atoms with Crippen LogP contribution in [0.2, 0.25) is 0 Å². The number of halogens is 1. The molecule has 0 atom stereocenters. The van der Waals surface area contributed by atoms with E-state index in [0.29, 0.717) is 43.0 Å². The van der Waals surface area contributed by atoms with Crippen LogP contribution in [0.5, 0.6) is 0 Å². The van der Waals surface area contributed by atoms with Crippen molar-refractivity contribution < 1.29 is 17.6 Å². The van der Waals surface area contributed by atoms with E-state index in [9.17, 15) is 17.6 Å². The van der Waals surface area contributed by atoms with Crippen LogP contribution in [0, 0.1) is 19.7 Å². The highest BCUT2D eigenvalue weighted by molar-refractivity contribution is 7.93. The molecule has 1 saturated heterocycles. The van der Waals surface area contributed by atoms with E-state index in [-0.39, 0.29) is 17.3 Å². The molecule has 8 heteroatoms. The number of amides is 1. The molecule has 3 aromatic rings. The van der Waals surface area contributed by atoms with Gasteiger partial charge in [-0.15, -0.1) is 0 Å². The van der Waals surface area contributed by atoms with Crippen molar-refractivity contribution in [1.29, 1.82) is 0 Å². The van der Waals surface area contributed by atoms with Crippen LogP contribution in [-0.2, 0) is 14.8 Å². The lowest BCUT2D eigenvalue weighted by atomic mass is 10.0. The fourth-order valence-corrected chi connectivity index (χ4v) is 6.41. The van der Waals surface area contributed by atoms with E-state index >= 15 is 0 Å². The van der Waals surface area contributed by atoms with E-state index < -0.39 is 15.8 Å². The van der Waals surface area contributed by atoms with Gasteiger partial charge >= 0.3 is 0 Å². The van der Waals surface area contributed by atoms with E-state index in [1.807, 2.05) is 6.07 Å². The van der Waals surface area contributed by atoms with Crippen molar-refractivity contribution in [2.24, 2.45) is 0 Å². The summed E-state index contributed by atoms with van der Waals surface area (Å²) in [5.74, 6) is -0.722. The van der Waals surface area contributed by atoms with Gasteiger partial charge in [0.2, 0.25) is 5.91 Å². The highest BCUT2D eigenvalue weighted by atomic mass is 32.2. The Morgan fingerprint density at radius 3 is 2.38 bits per heavy atom. The summed E-state index contributed by atoms with van der Waals surface area (Å²) in [5, 5.41) is 0. The van der Waals surface area contributed by atoms with Crippen molar-refractivity contribution >= 4 is 27.3 Å². The third-order valence-electron chi connectivity index (χ3n) is 6.80. The Hall–Kier alpha value is -3.39. The van der Waals surface area contributed by atoms with Crippen molar-refractivity contribution in [3.05, 3.63) is 77.6 Å². The van der Waals surface area contributed by atoms with E-state index in [0.717, 1.165) is 4.31 Å². The third-order valence-corrected chi connectivity index (χ3v) is 8.62. The maximum absolute atomic E-state index is 14.0. The number of fused-ring (bicyclic) bond motifs is 3. The second-order valence-electron chi connectivity index (χ2n) is 8.76. The molecular weight excluding hydrogens is 453 g/mol. The average Bonchev–Trinajstić information content (AvgIpc) is 2.84. The molecule has 2 heterocycles. The predicted molar refractivity (Wildman–Crippen MR) is 131 cm³/mol. The zero-order valence-electron chi connectivity index (χ0n) is 19.2. The van der Waals surface area contributed by atoms with Gasteiger partial charge in [0, 0.05) is 43.0 Å². The normalized spacial score (nSPS) is 16.7. The molecule has 0 aliphatic carbocycles. The van der Waals surface area contributed by atoms with Gasteiger partial charge in [-0.2, -0.15) is 0 Å². The SMILES string of the molecule is Cc1cccc(N2CCN(C(=O)CN3c4ccc(F)cc4-c4ccccc4S3(=O)=O)CC2)c1C. The minimum atomic E-state index is -3.95. The Labute approximate surface area is 199 Å². The maximum atomic E-state index is 14.0. The standard InChI is InChI=1S/C26H26FN3O3S/c1-18-6-5-8-23(19(18)2)28-12-14-29(15-13-28)26(31)17-30-24-11-10-20(27)16-22(24)21-7-3-4-9-25(21)34(30,32)33/h3-11,16H,12-15,17H2,1-2H3. The minimum Gasteiger partial charge on any atom is -0.368 e. The number of sulfonamides is 1. The topological polar surface area (TPSA) is 60.9 Å². The van der Waals surface area contributed by atoms with Crippen molar-refractivity contribution in [1.82, 2.24) is 4.90 Å². The molecule has 0 aromatic heterocycles. The molecule has 0 bridgehead atoms. The zero-order chi connectivity index (χ0) is 24.0. The lowest BCUT2D eigenvalue weighted by Crippen LogP contribution is -2.52. The molecule has 1 amide bonds. The van der Waals surface area contributed by atoms with E-state index in [1.54, 1.807) is 23.1 Å². The number of hydrogen-bond acceptors (Lipinski definition) is 4. The van der Waals surface area contributed by atoms with Gasteiger partial charge in [-0.05, 0) is 55.3 Å². The Bertz CT molecular complexity index is 1380. The minimum absolute atomic E-state index is 0.0839. The number of benzene rings is 3. The summed E-state index contributed by atoms with van der Waals surface area (Å²) in [5.41, 5.74) is 4.85. The van der Waals surface area contributed by atoms with Gasteiger partial charge in [0.25, 0.3) is 10.0 Å². The molecule has 0 unspecified atom stereocenters. The largest absolute Gasteiger partial charge is 0.368 e. The Morgan fingerprint density at radius 2 is 1.62 bits per heavy atom. The van der Waals surface area contributed by atoms with Crippen LogP contribution in [0.15, 0.2) is 65.6 Å². The highest BCUT2D eigenvalue weighted by Crippen LogP contribution is 2.43. The maximum Gasteiger partial charge on any atom is 0.265 e. The van der Waals surface area contributed by atoms with Gasteiger partial charge in [-0.1, -0.05) is 30.3 Å². The van der Waals surface area contributed by atoms with Gasteiger partial charge < -0.3 is 9.80 Å². The van der Waals surface area contributed by atoms with Crippen LogP contribution >= 0.6 is 0 Å². The lowest BCUT2D eigenvalue weighted by Gasteiger charge is -2.38. The van der Waals surface area contributed by atoms with E-state index in [4.69, 9.17) is 0 Å². The Balaban J connectivity index is 1.38. The summed E-state index contributed by atoms with van der Waals surface area (Å²) in [4.78, 5) is 17.3. The van der Waals surface area contributed by atoms with Crippen LogP contribution < -0.4 is 9.21 Å². The van der Waals surface area contributed by atoms with Crippen LogP contribution in [0.1, 0.15) is 11.1 Å². The number of anilines is 2. The summed E-state index contributed by atoms with van der Waals surface area (Å²) >= 11 is 0. The molecule has 0 saturated carbocycles. The molecule has 1 fully saturated rings. The Kier molecular flexibility index (Phi) is 5.56. The molecule has 2 aliphatic heterocycles. The number of rotatable bonds is 3. The van der Waals surface area contributed by atoms with Crippen LogP contribution in [0.25, 0.3) is 11.1 Å². The van der Waals surface area contributed by atoms with Crippen molar-refractivity contribution in [3.8, 4) is 11.1 Å². The number of carbonyl (C=O) groups excluding carboxylic acids is 1. The van der Waals surface area contributed by atoms with Crippen LogP contribution in [0.3, 0.4) is 0 Å². The molecule has 0 N–H and O–H groups in total. The first kappa shape index (κ1) is 22.4. The summed E-state index contributed by atoms with van der Waals surface area (Å²) in [6.07, 6.45) is 0. The first-order valence-corrected chi connectivity index (χ1v) is 12.7. The molecule has 6 nitrogen and oxygen atoms in total. The smallest absolute Gasteiger partial charge is 0.265 e. The fourth-order valence-electron chi connectivity index (χ4n) is 4.77. The van der Waals surface area contributed by atoms with Crippen molar-refractivity contribution in [2.75, 3.05) is 41.9 Å². The monoisotopic (exact) mass is 479 g/mol. The first-order valence-electron chi connectivity index (χ1n) is 11.3. The number of nitrogens with zero attached hydrogens (tertiary/aromatic N) is 3. The molecule has 0 spiro atoms. The van der Waals surface area contributed by atoms with Gasteiger partial charge in [0.1, 0.15) is 12.4 Å². The lowest BCUT2D eigenvalue weighted by molar-refractivity contribution is -0.129. The van der Waals surface area contributed by atoms with Crippen LogP contribution in [0.4, 0.5) is 15.8 Å². The van der Waals surface area contributed by atoms with E-state index in [2.05, 4.69) is 30.9 Å². The predicted octanol–water partition coefficient (Wildman–Crippen LogP) is 3.97. The molecular formula is C26H26FN3O3S. The summed E-state index contributed by atoms with van der Waals surface area (Å²) in [6, 6.07) is 16.7. The first-order chi connectivity index (χ1) is 16.3. The molecule has 3 aromatic carbocycles. The molecule has 5 rings (SSSR count). The van der Waals surface area contributed by atoms with E-state index in [1.165, 1.54) is 41.1 Å². The second kappa shape index (κ2) is 8.43. The third kappa shape index (κ3) is 3.72. The highest BCUT2D eigenvalue weighted by Gasteiger charge is 2.37. The average molecular weight is 480 g/mol. The summed E-state index contributed by atoms with van der Waals surface area (Å²) in [6.45, 7) is 6.22. The number of piperazine rings is 1. The fraction of sp³-hybridized carbons (Fsp3) is 0.269.